The highest BCUT2D eigenvalue weighted by molar-refractivity contribution is 5.31. The average molecular weight is 184 g/mol. The van der Waals surface area contributed by atoms with E-state index in [4.69, 9.17) is 5.73 Å². The molecule has 0 aliphatic carbocycles. The Labute approximate surface area is 75.5 Å². The quantitative estimate of drug-likeness (QED) is 0.556. The molecule has 1 aromatic rings. The Kier molecular flexibility index (Phi) is 2.62. The van der Waals surface area contributed by atoms with E-state index in [1.807, 2.05) is 13.8 Å². The van der Waals surface area contributed by atoms with Gasteiger partial charge in [0, 0.05) is 6.54 Å². The van der Waals surface area contributed by atoms with Crippen LogP contribution in [0.4, 0.5) is 5.82 Å². The predicted molar refractivity (Wildman–Crippen MR) is 47.2 cm³/mol. The van der Waals surface area contributed by atoms with Gasteiger partial charge in [0.25, 0.3) is 0 Å². The number of nitrogens with two attached hydrogens (primary N) is 1. The third-order valence-corrected chi connectivity index (χ3v) is 1.72. The minimum absolute atomic E-state index is 0.00231. The second-order valence-electron chi connectivity index (χ2n) is 2.99. The lowest BCUT2D eigenvalue weighted by Crippen LogP contribution is -2.08. The van der Waals surface area contributed by atoms with E-state index in [0.717, 1.165) is 0 Å². The molecule has 13 heavy (non-hydrogen) atoms. The molecule has 6 heteroatoms. The first-order chi connectivity index (χ1) is 6.07. The van der Waals surface area contributed by atoms with E-state index in [-0.39, 0.29) is 18.4 Å². The van der Waals surface area contributed by atoms with Crippen molar-refractivity contribution >= 4 is 5.82 Å². The van der Waals surface area contributed by atoms with Crippen molar-refractivity contribution in [2.24, 2.45) is 5.73 Å². The Balaban J connectivity index is 3.22. The topological polar surface area (TPSA) is 87.0 Å². The largest absolute Gasteiger partial charge is 0.358 e. The molecule has 0 unspecified atom stereocenters. The molecule has 0 saturated heterocycles. The fourth-order valence-corrected chi connectivity index (χ4v) is 1.11. The lowest BCUT2D eigenvalue weighted by molar-refractivity contribution is -0.393. The summed E-state index contributed by atoms with van der Waals surface area (Å²) in [5, 5.41) is 14.6. The van der Waals surface area contributed by atoms with E-state index in [0.29, 0.717) is 5.56 Å². The van der Waals surface area contributed by atoms with Gasteiger partial charge in [-0.2, -0.15) is 0 Å². The van der Waals surface area contributed by atoms with E-state index in [1.165, 1.54) is 10.9 Å². The van der Waals surface area contributed by atoms with Crippen molar-refractivity contribution in [2.45, 2.75) is 26.4 Å². The Morgan fingerprint density at radius 3 is 2.77 bits per heavy atom. The monoisotopic (exact) mass is 184 g/mol. The summed E-state index contributed by atoms with van der Waals surface area (Å²) in [6.07, 6.45) is 1.44. The molecule has 1 heterocycles. The van der Waals surface area contributed by atoms with Gasteiger partial charge < -0.3 is 15.8 Å². The third-order valence-electron chi connectivity index (χ3n) is 1.72. The summed E-state index contributed by atoms with van der Waals surface area (Å²) in [7, 11) is 0. The lowest BCUT2D eigenvalue weighted by Gasteiger charge is -2.02. The normalized spacial score (nSPS) is 10.8. The standard InChI is InChI=1S/C7H12N4O2/c1-5(2)10-7(11(12)13)6(3-8)4-9-10/h4-5H,3,8H2,1-2H3. The van der Waals surface area contributed by atoms with E-state index in [1.54, 1.807) is 0 Å². The average Bonchev–Trinajstić information content (AvgIpc) is 2.46. The van der Waals surface area contributed by atoms with Crippen molar-refractivity contribution in [1.82, 2.24) is 9.78 Å². The molecular weight excluding hydrogens is 172 g/mol. The minimum Gasteiger partial charge on any atom is -0.358 e. The van der Waals surface area contributed by atoms with Gasteiger partial charge >= 0.3 is 5.82 Å². The number of aromatic nitrogens is 2. The van der Waals surface area contributed by atoms with Gasteiger partial charge in [-0.05, 0) is 18.8 Å². The Hall–Kier alpha value is -1.43. The molecule has 0 aromatic carbocycles. The summed E-state index contributed by atoms with van der Waals surface area (Å²) < 4.78 is 1.36. The summed E-state index contributed by atoms with van der Waals surface area (Å²) in [5.74, 6) is -0.00231. The maximum atomic E-state index is 10.7. The van der Waals surface area contributed by atoms with Crippen molar-refractivity contribution in [3.8, 4) is 0 Å². The predicted octanol–water partition coefficient (Wildman–Crippen LogP) is 0.831. The van der Waals surface area contributed by atoms with Crippen LogP contribution in [-0.2, 0) is 6.54 Å². The molecule has 1 aromatic heterocycles. The molecular formula is C7H12N4O2. The van der Waals surface area contributed by atoms with Crippen LogP contribution in [0.3, 0.4) is 0 Å². The van der Waals surface area contributed by atoms with E-state index >= 15 is 0 Å². The van der Waals surface area contributed by atoms with Gasteiger partial charge in [-0.25, -0.2) is 0 Å². The molecule has 1 rings (SSSR count). The van der Waals surface area contributed by atoms with Crippen molar-refractivity contribution in [3.05, 3.63) is 21.9 Å². The second-order valence-corrected chi connectivity index (χ2v) is 2.99. The summed E-state index contributed by atoms with van der Waals surface area (Å²) in [5.41, 5.74) is 5.82. The minimum atomic E-state index is -0.449. The van der Waals surface area contributed by atoms with Crippen molar-refractivity contribution < 1.29 is 4.92 Å². The van der Waals surface area contributed by atoms with E-state index < -0.39 is 4.92 Å². The maximum absolute atomic E-state index is 10.7. The number of rotatable bonds is 3. The molecule has 2 N–H and O–H groups in total. The van der Waals surface area contributed by atoms with Crippen molar-refractivity contribution in [3.63, 3.8) is 0 Å². The third kappa shape index (κ3) is 1.67. The van der Waals surface area contributed by atoms with Gasteiger partial charge in [0.1, 0.15) is 6.04 Å². The molecule has 0 aliphatic rings. The molecule has 0 spiro atoms. The zero-order chi connectivity index (χ0) is 10.0. The highest BCUT2D eigenvalue weighted by atomic mass is 16.6. The summed E-state index contributed by atoms with van der Waals surface area (Å²) >= 11 is 0. The van der Waals surface area contributed by atoms with Crippen molar-refractivity contribution in [1.29, 1.82) is 0 Å². The van der Waals surface area contributed by atoms with E-state index in [2.05, 4.69) is 5.10 Å². The lowest BCUT2D eigenvalue weighted by atomic mass is 10.3. The van der Waals surface area contributed by atoms with Crippen LogP contribution in [0.5, 0.6) is 0 Å². The molecule has 0 bridgehead atoms. The highest BCUT2D eigenvalue weighted by Gasteiger charge is 2.22. The Morgan fingerprint density at radius 1 is 1.77 bits per heavy atom. The smallest absolute Gasteiger partial charge is 0.349 e. The first-order valence-corrected chi connectivity index (χ1v) is 3.98. The van der Waals surface area contributed by atoms with Gasteiger partial charge in [0.05, 0.1) is 11.8 Å². The molecule has 0 amide bonds. The maximum Gasteiger partial charge on any atom is 0.349 e. The number of hydrogen-bond donors (Lipinski definition) is 1. The zero-order valence-corrected chi connectivity index (χ0v) is 7.60. The van der Waals surface area contributed by atoms with Crippen LogP contribution in [-0.4, -0.2) is 14.7 Å². The number of nitrogens with zero attached hydrogens (tertiary/aromatic N) is 3. The van der Waals surface area contributed by atoms with Gasteiger partial charge in [-0.15, -0.1) is 4.68 Å². The van der Waals surface area contributed by atoms with Crippen LogP contribution in [0.25, 0.3) is 0 Å². The highest BCUT2D eigenvalue weighted by Crippen LogP contribution is 2.20. The van der Waals surface area contributed by atoms with Gasteiger partial charge in [0.15, 0.2) is 0 Å². The van der Waals surface area contributed by atoms with Gasteiger partial charge in [-0.3, -0.25) is 0 Å². The molecule has 0 atom stereocenters. The molecule has 72 valence electrons. The van der Waals surface area contributed by atoms with Gasteiger partial charge in [-0.1, -0.05) is 5.10 Å². The number of nitro groups is 1. The van der Waals surface area contributed by atoms with E-state index in [9.17, 15) is 10.1 Å². The fraction of sp³-hybridized carbons (Fsp3) is 0.571. The van der Waals surface area contributed by atoms with Crippen LogP contribution in [0.2, 0.25) is 0 Å². The first kappa shape index (κ1) is 9.66. The van der Waals surface area contributed by atoms with Crippen LogP contribution in [0.15, 0.2) is 6.20 Å². The zero-order valence-electron chi connectivity index (χ0n) is 7.60. The molecule has 0 fully saturated rings. The fourth-order valence-electron chi connectivity index (χ4n) is 1.11. The van der Waals surface area contributed by atoms with Crippen LogP contribution in [0.1, 0.15) is 25.5 Å². The Bertz CT molecular complexity index is 318. The van der Waals surface area contributed by atoms with Gasteiger partial charge in [0.2, 0.25) is 0 Å². The second kappa shape index (κ2) is 3.53. The van der Waals surface area contributed by atoms with Crippen LogP contribution >= 0.6 is 0 Å². The summed E-state index contributed by atoms with van der Waals surface area (Å²) in [4.78, 5) is 10.2. The Morgan fingerprint density at radius 2 is 2.38 bits per heavy atom. The summed E-state index contributed by atoms with van der Waals surface area (Å²) in [6.45, 7) is 3.81. The molecule has 6 nitrogen and oxygen atoms in total. The molecule has 0 saturated carbocycles. The first-order valence-electron chi connectivity index (χ1n) is 3.98. The SMILES string of the molecule is CC(C)n1ncc(CN)c1[N+](=O)[O-]. The molecule has 0 radical (unpaired) electrons. The van der Waals surface area contributed by atoms with Crippen molar-refractivity contribution in [2.75, 3.05) is 0 Å². The molecule has 0 aliphatic heterocycles. The van der Waals surface area contributed by atoms with Crippen LogP contribution in [0, 0.1) is 10.1 Å². The summed E-state index contributed by atoms with van der Waals surface area (Å²) in [6, 6.07) is -0.0271. The van der Waals surface area contributed by atoms with Crippen LogP contribution < -0.4 is 5.73 Å². The number of hydrogen-bond acceptors (Lipinski definition) is 4.